The molecule has 2 aromatic rings. The van der Waals surface area contributed by atoms with Crippen molar-refractivity contribution < 1.29 is 4.79 Å². The second-order valence-corrected chi connectivity index (χ2v) is 5.86. The van der Waals surface area contributed by atoms with E-state index in [1.165, 1.54) is 4.68 Å². The number of carbonyl (C=O) groups is 1. The molecule has 0 fully saturated rings. The Morgan fingerprint density at radius 3 is 2.59 bits per heavy atom. The summed E-state index contributed by atoms with van der Waals surface area (Å²) >= 11 is 0. The Morgan fingerprint density at radius 2 is 2.00 bits per heavy atom. The molecule has 0 aliphatic heterocycles. The van der Waals surface area contributed by atoms with Crippen molar-refractivity contribution in [2.24, 2.45) is 5.73 Å². The van der Waals surface area contributed by atoms with Gasteiger partial charge >= 0.3 is 0 Å². The Kier molecular flexibility index (Phi) is 4.75. The maximum absolute atomic E-state index is 10.9. The first-order chi connectivity index (χ1) is 10.3. The lowest BCUT2D eigenvalue weighted by molar-refractivity contribution is -0.118. The summed E-state index contributed by atoms with van der Waals surface area (Å²) in [5.41, 5.74) is 6.90. The van der Waals surface area contributed by atoms with Crippen LogP contribution in [0.1, 0.15) is 51.0 Å². The molecule has 2 heterocycles. The largest absolute Gasteiger partial charge is 0.368 e. The zero-order chi connectivity index (χ0) is 16.3. The fourth-order valence-electron chi connectivity index (χ4n) is 1.93. The number of aromatic nitrogens is 4. The number of primary amides is 1. The Bertz CT molecular complexity index is 636. The van der Waals surface area contributed by atoms with E-state index in [1.807, 2.05) is 6.07 Å². The highest BCUT2D eigenvalue weighted by Gasteiger charge is 2.11. The predicted molar refractivity (Wildman–Crippen MR) is 84.9 cm³/mol. The number of anilines is 2. The van der Waals surface area contributed by atoms with E-state index in [9.17, 15) is 4.79 Å². The van der Waals surface area contributed by atoms with Gasteiger partial charge in [-0.15, -0.1) is 0 Å². The SMILES string of the molecule is CC(C)c1cc(Nc2cnn(CC(N)=O)c2)nc(C(C)C)n1. The predicted octanol–water partition coefficient (Wildman–Crippen LogP) is 2.15. The number of rotatable bonds is 6. The van der Waals surface area contributed by atoms with Gasteiger partial charge in [-0.1, -0.05) is 27.7 Å². The van der Waals surface area contributed by atoms with Crippen LogP contribution in [-0.2, 0) is 11.3 Å². The highest BCUT2D eigenvalue weighted by atomic mass is 16.1. The molecule has 0 atom stereocenters. The lowest BCUT2D eigenvalue weighted by Gasteiger charge is -2.12. The number of carbonyl (C=O) groups excluding carboxylic acids is 1. The second-order valence-electron chi connectivity index (χ2n) is 5.86. The molecule has 7 nitrogen and oxygen atoms in total. The van der Waals surface area contributed by atoms with Crippen LogP contribution in [0.3, 0.4) is 0 Å². The molecule has 2 rings (SSSR count). The lowest BCUT2D eigenvalue weighted by Crippen LogP contribution is -2.18. The summed E-state index contributed by atoms with van der Waals surface area (Å²) in [6.45, 7) is 8.38. The van der Waals surface area contributed by atoms with Crippen molar-refractivity contribution >= 4 is 17.4 Å². The summed E-state index contributed by atoms with van der Waals surface area (Å²) < 4.78 is 1.48. The molecule has 0 saturated heterocycles. The number of nitrogens with one attached hydrogen (secondary N) is 1. The van der Waals surface area contributed by atoms with Gasteiger partial charge in [-0.25, -0.2) is 9.97 Å². The van der Waals surface area contributed by atoms with E-state index in [0.717, 1.165) is 23.0 Å². The zero-order valence-electron chi connectivity index (χ0n) is 13.4. The van der Waals surface area contributed by atoms with E-state index in [0.29, 0.717) is 5.92 Å². The number of amides is 1. The molecule has 1 amide bonds. The first-order valence-corrected chi connectivity index (χ1v) is 7.31. The normalized spacial score (nSPS) is 11.2. The molecule has 0 unspecified atom stereocenters. The first kappa shape index (κ1) is 15.9. The van der Waals surface area contributed by atoms with Crippen molar-refractivity contribution in [3.05, 3.63) is 30.0 Å². The average molecular weight is 302 g/mol. The van der Waals surface area contributed by atoms with Crippen LogP contribution in [0.4, 0.5) is 11.5 Å². The van der Waals surface area contributed by atoms with Gasteiger partial charge in [0.2, 0.25) is 5.91 Å². The molecule has 0 bridgehead atoms. The minimum absolute atomic E-state index is 0.0555. The molecule has 22 heavy (non-hydrogen) atoms. The monoisotopic (exact) mass is 302 g/mol. The van der Waals surface area contributed by atoms with Gasteiger partial charge in [-0.2, -0.15) is 5.10 Å². The lowest BCUT2D eigenvalue weighted by atomic mass is 10.1. The van der Waals surface area contributed by atoms with Crippen LogP contribution < -0.4 is 11.1 Å². The van der Waals surface area contributed by atoms with E-state index < -0.39 is 5.91 Å². The molecule has 2 aromatic heterocycles. The summed E-state index contributed by atoms with van der Waals surface area (Å²) in [5, 5.41) is 7.28. The van der Waals surface area contributed by atoms with E-state index in [1.54, 1.807) is 12.4 Å². The van der Waals surface area contributed by atoms with Crippen molar-refractivity contribution in [3.8, 4) is 0 Å². The molecule has 0 aliphatic carbocycles. The number of nitrogens with two attached hydrogens (primary N) is 1. The fourth-order valence-corrected chi connectivity index (χ4v) is 1.93. The first-order valence-electron chi connectivity index (χ1n) is 7.31. The minimum atomic E-state index is -0.430. The van der Waals surface area contributed by atoms with Gasteiger partial charge < -0.3 is 11.1 Å². The van der Waals surface area contributed by atoms with Crippen LogP contribution in [-0.4, -0.2) is 25.7 Å². The van der Waals surface area contributed by atoms with Crippen LogP contribution in [0.2, 0.25) is 0 Å². The second kappa shape index (κ2) is 6.55. The van der Waals surface area contributed by atoms with E-state index in [4.69, 9.17) is 5.73 Å². The van der Waals surface area contributed by atoms with Crippen molar-refractivity contribution in [3.63, 3.8) is 0 Å². The summed E-state index contributed by atoms with van der Waals surface area (Å²) in [5.74, 6) is 1.66. The molecule has 0 saturated carbocycles. The van der Waals surface area contributed by atoms with Crippen LogP contribution in [0.5, 0.6) is 0 Å². The highest BCUT2D eigenvalue weighted by molar-refractivity contribution is 5.73. The smallest absolute Gasteiger partial charge is 0.239 e. The van der Waals surface area contributed by atoms with Crippen molar-refractivity contribution in [2.45, 2.75) is 46.1 Å². The standard InChI is InChI=1S/C15H22N6O/c1-9(2)12-5-14(20-15(19-12)10(3)4)18-11-6-17-21(7-11)8-13(16)22/h5-7,9-10H,8H2,1-4H3,(H2,16,22)(H,18,19,20). The third kappa shape index (κ3) is 4.03. The summed E-state index contributed by atoms with van der Waals surface area (Å²) in [4.78, 5) is 20.0. The van der Waals surface area contributed by atoms with Crippen LogP contribution in [0.25, 0.3) is 0 Å². The summed E-state index contributed by atoms with van der Waals surface area (Å²) in [6.07, 6.45) is 3.35. The maximum Gasteiger partial charge on any atom is 0.239 e. The third-order valence-corrected chi connectivity index (χ3v) is 3.09. The highest BCUT2D eigenvalue weighted by Crippen LogP contribution is 2.21. The molecule has 0 aliphatic rings. The number of hydrogen-bond donors (Lipinski definition) is 2. The van der Waals surface area contributed by atoms with Gasteiger partial charge in [0.05, 0.1) is 11.9 Å². The number of hydrogen-bond acceptors (Lipinski definition) is 5. The molecule has 118 valence electrons. The topological polar surface area (TPSA) is 98.7 Å². The molecular formula is C15H22N6O. The molecule has 7 heteroatoms. The zero-order valence-corrected chi connectivity index (χ0v) is 13.4. The number of nitrogens with zero attached hydrogens (tertiary/aromatic N) is 4. The van der Waals surface area contributed by atoms with Crippen molar-refractivity contribution in [1.82, 2.24) is 19.7 Å². The van der Waals surface area contributed by atoms with Crippen LogP contribution >= 0.6 is 0 Å². The minimum Gasteiger partial charge on any atom is -0.368 e. The van der Waals surface area contributed by atoms with Gasteiger partial charge in [-0.3, -0.25) is 9.48 Å². The van der Waals surface area contributed by atoms with Crippen molar-refractivity contribution in [2.75, 3.05) is 5.32 Å². The van der Waals surface area contributed by atoms with Gasteiger partial charge in [0.25, 0.3) is 0 Å². The van der Waals surface area contributed by atoms with Crippen LogP contribution in [0.15, 0.2) is 18.5 Å². The van der Waals surface area contributed by atoms with Gasteiger partial charge in [0.15, 0.2) is 0 Å². The maximum atomic E-state index is 10.9. The van der Waals surface area contributed by atoms with Gasteiger partial charge in [0, 0.05) is 23.9 Å². The van der Waals surface area contributed by atoms with E-state index >= 15 is 0 Å². The summed E-state index contributed by atoms with van der Waals surface area (Å²) in [6, 6.07) is 1.93. The molecule has 0 spiro atoms. The van der Waals surface area contributed by atoms with E-state index in [-0.39, 0.29) is 12.5 Å². The van der Waals surface area contributed by atoms with E-state index in [2.05, 4.69) is 48.1 Å². The summed E-state index contributed by atoms with van der Waals surface area (Å²) in [7, 11) is 0. The van der Waals surface area contributed by atoms with Gasteiger partial charge in [0.1, 0.15) is 18.2 Å². The van der Waals surface area contributed by atoms with Crippen LogP contribution in [0, 0.1) is 0 Å². The Hall–Kier alpha value is -2.44. The van der Waals surface area contributed by atoms with Crippen molar-refractivity contribution in [1.29, 1.82) is 0 Å². The third-order valence-electron chi connectivity index (χ3n) is 3.09. The molecular weight excluding hydrogens is 280 g/mol. The average Bonchev–Trinajstić information content (AvgIpc) is 2.84. The van der Waals surface area contributed by atoms with Gasteiger partial charge in [-0.05, 0) is 5.92 Å². The Labute approximate surface area is 130 Å². The Balaban J connectivity index is 2.24. The fraction of sp³-hybridized carbons (Fsp3) is 0.467. The molecule has 3 N–H and O–H groups in total. The Morgan fingerprint density at radius 1 is 1.27 bits per heavy atom. The quantitative estimate of drug-likeness (QED) is 0.851. The molecule has 0 radical (unpaired) electrons. The molecule has 0 aromatic carbocycles.